The normalized spacial score (nSPS) is 17.0. The van der Waals surface area contributed by atoms with Crippen molar-refractivity contribution in [3.63, 3.8) is 0 Å². The predicted octanol–water partition coefficient (Wildman–Crippen LogP) is -0.0460. The van der Waals surface area contributed by atoms with Crippen LogP contribution in [0.1, 0.15) is 33.6 Å². The number of rotatable bonds is 6. The molecule has 1 N–H and O–H groups in total. The number of carbonyl (C=O) groups excluding carboxylic acids is 5. The zero-order valence-corrected chi connectivity index (χ0v) is 13.0. The molecule has 1 aromatic rings. The van der Waals surface area contributed by atoms with E-state index in [4.69, 9.17) is 4.74 Å². The number of likely N-dealkylation sites (N-methyl/N-ethyl adjacent to an activating group) is 1. The summed E-state index contributed by atoms with van der Waals surface area (Å²) in [6.07, 6.45) is 1.43. The Labute approximate surface area is 137 Å². The Morgan fingerprint density at radius 2 is 2.12 bits per heavy atom. The van der Waals surface area contributed by atoms with Crippen LogP contribution in [0.15, 0.2) is 18.2 Å². The standard InChI is InChI=1S/C16H16N2O6/c1-18(13-4-5-14(21)17-15(13)22)16(23)12-8-11(24-7-6-19)3-2-10(12)9-20/h2-3,6,8-9,13H,4-5,7H2,1H3,(H,17,21,22). The van der Waals surface area contributed by atoms with Crippen LogP contribution in [-0.2, 0) is 14.4 Å². The van der Waals surface area contributed by atoms with Crippen molar-refractivity contribution in [3.8, 4) is 5.75 Å². The minimum atomic E-state index is -0.797. The summed E-state index contributed by atoms with van der Waals surface area (Å²) in [6, 6.07) is 3.42. The van der Waals surface area contributed by atoms with Crippen molar-refractivity contribution in [3.05, 3.63) is 29.3 Å². The number of benzene rings is 1. The molecule has 126 valence electrons. The van der Waals surface area contributed by atoms with E-state index < -0.39 is 17.9 Å². The van der Waals surface area contributed by atoms with Crippen LogP contribution in [-0.4, -0.2) is 54.9 Å². The van der Waals surface area contributed by atoms with E-state index in [1.54, 1.807) is 0 Å². The first-order valence-corrected chi connectivity index (χ1v) is 7.24. The van der Waals surface area contributed by atoms with Crippen LogP contribution in [0.5, 0.6) is 5.75 Å². The molecule has 1 atom stereocenters. The van der Waals surface area contributed by atoms with Gasteiger partial charge >= 0.3 is 0 Å². The maximum absolute atomic E-state index is 12.7. The molecule has 8 nitrogen and oxygen atoms in total. The number of nitrogens with zero attached hydrogens (tertiary/aromatic N) is 1. The van der Waals surface area contributed by atoms with Crippen LogP contribution < -0.4 is 10.1 Å². The highest BCUT2D eigenvalue weighted by molar-refractivity contribution is 6.06. The lowest BCUT2D eigenvalue weighted by Crippen LogP contribution is -2.53. The molecule has 1 heterocycles. The van der Waals surface area contributed by atoms with Crippen molar-refractivity contribution < 1.29 is 28.7 Å². The monoisotopic (exact) mass is 332 g/mol. The Bertz CT molecular complexity index is 700. The molecule has 3 amide bonds. The van der Waals surface area contributed by atoms with Crippen LogP contribution in [0.3, 0.4) is 0 Å². The lowest BCUT2D eigenvalue weighted by molar-refractivity contribution is -0.136. The molecule has 1 fully saturated rings. The molecular formula is C16H16N2O6. The van der Waals surface area contributed by atoms with E-state index in [0.717, 1.165) is 0 Å². The van der Waals surface area contributed by atoms with Gasteiger partial charge in [0.25, 0.3) is 5.91 Å². The van der Waals surface area contributed by atoms with E-state index in [9.17, 15) is 24.0 Å². The molecule has 1 aromatic carbocycles. The largest absolute Gasteiger partial charge is 0.486 e. The van der Waals surface area contributed by atoms with Gasteiger partial charge in [-0.05, 0) is 24.6 Å². The average molecular weight is 332 g/mol. The van der Waals surface area contributed by atoms with E-state index in [0.29, 0.717) is 12.6 Å². The Balaban J connectivity index is 2.26. The molecule has 0 radical (unpaired) electrons. The van der Waals surface area contributed by atoms with Crippen LogP contribution in [0.2, 0.25) is 0 Å². The lowest BCUT2D eigenvalue weighted by Gasteiger charge is -2.30. The number of amides is 3. The van der Waals surface area contributed by atoms with Crippen LogP contribution in [0.25, 0.3) is 0 Å². The molecule has 1 saturated heterocycles. The summed E-state index contributed by atoms with van der Waals surface area (Å²) < 4.78 is 5.13. The Morgan fingerprint density at radius 1 is 1.38 bits per heavy atom. The summed E-state index contributed by atoms with van der Waals surface area (Å²) in [7, 11) is 1.43. The van der Waals surface area contributed by atoms with Gasteiger partial charge in [0.1, 0.15) is 18.4 Å². The van der Waals surface area contributed by atoms with Crippen LogP contribution in [0.4, 0.5) is 0 Å². The van der Waals surface area contributed by atoms with Gasteiger partial charge in [-0.3, -0.25) is 29.3 Å². The quantitative estimate of drug-likeness (QED) is 0.578. The Kier molecular flexibility index (Phi) is 5.41. The van der Waals surface area contributed by atoms with Gasteiger partial charge in [-0.25, -0.2) is 0 Å². The van der Waals surface area contributed by atoms with Crippen LogP contribution in [0, 0.1) is 0 Å². The maximum Gasteiger partial charge on any atom is 0.255 e. The molecule has 0 aromatic heterocycles. The maximum atomic E-state index is 12.7. The predicted molar refractivity (Wildman–Crippen MR) is 81.7 cm³/mol. The molecule has 0 spiro atoms. The van der Waals surface area contributed by atoms with Gasteiger partial charge in [0, 0.05) is 19.0 Å². The van der Waals surface area contributed by atoms with E-state index in [1.807, 2.05) is 0 Å². The first kappa shape index (κ1) is 17.3. The number of piperidine rings is 1. The number of imide groups is 1. The number of hydrogen-bond acceptors (Lipinski definition) is 6. The lowest BCUT2D eigenvalue weighted by atomic mass is 10.0. The molecule has 0 saturated carbocycles. The third kappa shape index (κ3) is 3.65. The first-order valence-electron chi connectivity index (χ1n) is 7.24. The van der Waals surface area contributed by atoms with Gasteiger partial charge in [0.2, 0.25) is 11.8 Å². The summed E-state index contributed by atoms with van der Waals surface area (Å²) in [5.41, 5.74) is 0.193. The molecule has 1 aliphatic heterocycles. The van der Waals surface area contributed by atoms with Gasteiger partial charge in [-0.15, -0.1) is 0 Å². The van der Waals surface area contributed by atoms with Crippen molar-refractivity contribution in [1.82, 2.24) is 10.2 Å². The summed E-state index contributed by atoms with van der Waals surface area (Å²) in [6.45, 7) is -0.183. The van der Waals surface area contributed by atoms with Gasteiger partial charge < -0.3 is 9.64 Å². The van der Waals surface area contributed by atoms with Crippen LogP contribution >= 0.6 is 0 Å². The minimum Gasteiger partial charge on any atom is -0.486 e. The number of aldehydes is 2. The average Bonchev–Trinajstić information content (AvgIpc) is 2.58. The number of hydrogen-bond donors (Lipinski definition) is 1. The van der Waals surface area contributed by atoms with Gasteiger partial charge in [0.05, 0.1) is 5.56 Å². The van der Waals surface area contributed by atoms with E-state index in [2.05, 4.69) is 5.32 Å². The first-order chi connectivity index (χ1) is 11.5. The highest BCUT2D eigenvalue weighted by Gasteiger charge is 2.33. The van der Waals surface area contributed by atoms with Gasteiger partial charge in [0.15, 0.2) is 12.6 Å². The Hall–Kier alpha value is -3.03. The number of ether oxygens (including phenoxy) is 1. The second kappa shape index (κ2) is 7.49. The second-order valence-corrected chi connectivity index (χ2v) is 5.23. The third-order valence-corrected chi connectivity index (χ3v) is 3.70. The van der Waals surface area contributed by atoms with Crippen molar-refractivity contribution in [2.75, 3.05) is 13.7 Å². The summed E-state index contributed by atoms with van der Waals surface area (Å²) in [5, 5.41) is 2.18. The molecule has 2 rings (SSSR count). The molecule has 8 heteroatoms. The summed E-state index contributed by atoms with van der Waals surface area (Å²) in [5.74, 6) is -1.23. The Morgan fingerprint density at radius 3 is 2.75 bits per heavy atom. The van der Waals surface area contributed by atoms with Gasteiger partial charge in [-0.2, -0.15) is 0 Å². The molecule has 0 bridgehead atoms. The van der Waals surface area contributed by atoms with Crippen molar-refractivity contribution in [2.45, 2.75) is 18.9 Å². The summed E-state index contributed by atoms with van der Waals surface area (Å²) >= 11 is 0. The molecule has 0 aliphatic carbocycles. The number of nitrogens with one attached hydrogen (secondary N) is 1. The third-order valence-electron chi connectivity index (χ3n) is 3.70. The fourth-order valence-electron chi connectivity index (χ4n) is 2.43. The number of carbonyl (C=O) groups is 5. The molecule has 1 unspecified atom stereocenters. The fourth-order valence-corrected chi connectivity index (χ4v) is 2.43. The zero-order chi connectivity index (χ0) is 17.7. The van der Waals surface area contributed by atoms with Gasteiger partial charge in [-0.1, -0.05) is 0 Å². The SMILES string of the molecule is CN(C(=O)c1cc(OCC=O)ccc1C=O)C1CCC(=O)NC1=O. The second-order valence-electron chi connectivity index (χ2n) is 5.23. The van der Waals surface area contributed by atoms with E-state index in [-0.39, 0.29) is 42.2 Å². The van der Waals surface area contributed by atoms with E-state index in [1.165, 1.54) is 30.1 Å². The van der Waals surface area contributed by atoms with E-state index >= 15 is 0 Å². The zero-order valence-electron chi connectivity index (χ0n) is 13.0. The fraction of sp³-hybridized carbons (Fsp3) is 0.312. The topological polar surface area (TPSA) is 110 Å². The summed E-state index contributed by atoms with van der Waals surface area (Å²) in [4.78, 5) is 58.5. The van der Waals surface area contributed by atoms with Crippen molar-refractivity contribution >= 4 is 30.3 Å². The molecule has 1 aliphatic rings. The molecule has 24 heavy (non-hydrogen) atoms. The highest BCUT2D eigenvalue weighted by Crippen LogP contribution is 2.21. The smallest absolute Gasteiger partial charge is 0.255 e. The minimum absolute atomic E-state index is 0.0561. The molecular weight excluding hydrogens is 316 g/mol. The highest BCUT2D eigenvalue weighted by atomic mass is 16.5. The van der Waals surface area contributed by atoms with Crippen molar-refractivity contribution in [1.29, 1.82) is 0 Å². The van der Waals surface area contributed by atoms with Crippen molar-refractivity contribution in [2.24, 2.45) is 0 Å².